The lowest BCUT2D eigenvalue weighted by molar-refractivity contribution is -0.384. The fourth-order valence-electron chi connectivity index (χ4n) is 1.75. The number of anilines is 1. The lowest BCUT2D eigenvalue weighted by atomic mass is 10.3. The summed E-state index contributed by atoms with van der Waals surface area (Å²) in [5, 5.41) is 13.9. The lowest BCUT2D eigenvalue weighted by Crippen LogP contribution is -2.25. The molecule has 0 aromatic carbocycles. The van der Waals surface area contributed by atoms with Crippen molar-refractivity contribution >= 4 is 27.4 Å². The number of nitrogens with one attached hydrogen (secondary N) is 1. The summed E-state index contributed by atoms with van der Waals surface area (Å²) >= 11 is 3.18. The Balaban J connectivity index is 2.51. The molecule has 106 valence electrons. The predicted octanol–water partition coefficient (Wildman–Crippen LogP) is 2.90. The number of hydrogen-bond acceptors (Lipinski definition) is 5. The fraction of sp³-hybridized carbons (Fsp3) is 0.583. The van der Waals surface area contributed by atoms with Crippen LogP contribution in [0.25, 0.3) is 0 Å². The van der Waals surface area contributed by atoms with E-state index in [0.29, 0.717) is 16.8 Å². The molecule has 0 atom stereocenters. The second kappa shape index (κ2) is 8.06. The number of pyridine rings is 1. The van der Waals surface area contributed by atoms with Crippen molar-refractivity contribution in [1.82, 2.24) is 9.88 Å². The highest BCUT2D eigenvalue weighted by Gasteiger charge is 2.15. The molecule has 0 amide bonds. The van der Waals surface area contributed by atoms with E-state index in [2.05, 4.69) is 45.0 Å². The van der Waals surface area contributed by atoms with Gasteiger partial charge in [0.2, 0.25) is 5.82 Å². The van der Waals surface area contributed by atoms with Crippen molar-refractivity contribution in [3.8, 4) is 0 Å². The van der Waals surface area contributed by atoms with Gasteiger partial charge in [0.05, 0.1) is 4.92 Å². The first kappa shape index (κ1) is 15.8. The molecular weight excluding hydrogens is 312 g/mol. The van der Waals surface area contributed by atoms with Gasteiger partial charge in [-0.25, -0.2) is 4.98 Å². The van der Waals surface area contributed by atoms with Crippen molar-refractivity contribution in [2.45, 2.75) is 20.3 Å². The van der Waals surface area contributed by atoms with Gasteiger partial charge in [-0.15, -0.1) is 0 Å². The average Bonchev–Trinajstić information content (AvgIpc) is 2.40. The molecule has 0 saturated heterocycles. The molecule has 0 saturated carbocycles. The van der Waals surface area contributed by atoms with Crippen LogP contribution in [0.1, 0.15) is 20.3 Å². The van der Waals surface area contributed by atoms with Crippen molar-refractivity contribution in [3.05, 3.63) is 26.9 Å². The zero-order valence-corrected chi connectivity index (χ0v) is 12.8. The van der Waals surface area contributed by atoms with Crippen molar-refractivity contribution in [2.24, 2.45) is 0 Å². The van der Waals surface area contributed by atoms with Gasteiger partial charge in [-0.3, -0.25) is 10.1 Å². The van der Waals surface area contributed by atoms with E-state index in [-0.39, 0.29) is 5.69 Å². The molecule has 0 aliphatic rings. The highest BCUT2D eigenvalue weighted by molar-refractivity contribution is 9.10. The lowest BCUT2D eigenvalue weighted by Gasteiger charge is -2.17. The van der Waals surface area contributed by atoms with E-state index in [1.54, 1.807) is 6.20 Å². The van der Waals surface area contributed by atoms with Crippen molar-refractivity contribution in [2.75, 3.05) is 31.5 Å². The van der Waals surface area contributed by atoms with E-state index >= 15 is 0 Å². The second-order valence-electron chi connectivity index (χ2n) is 4.09. The summed E-state index contributed by atoms with van der Waals surface area (Å²) in [7, 11) is 0. The Labute approximate surface area is 121 Å². The maximum Gasteiger partial charge on any atom is 0.312 e. The average molecular weight is 331 g/mol. The van der Waals surface area contributed by atoms with Crippen LogP contribution in [0.2, 0.25) is 0 Å². The molecule has 0 fully saturated rings. The molecule has 1 rings (SSSR count). The SMILES string of the molecule is CCN(CC)CCCNc1ncc(Br)cc1[N+](=O)[O-]. The minimum atomic E-state index is -0.426. The highest BCUT2D eigenvalue weighted by Crippen LogP contribution is 2.25. The van der Waals surface area contributed by atoms with E-state index in [1.807, 2.05) is 0 Å². The van der Waals surface area contributed by atoms with Gasteiger partial charge in [0.25, 0.3) is 0 Å². The van der Waals surface area contributed by atoms with Crippen molar-refractivity contribution in [1.29, 1.82) is 0 Å². The van der Waals surface area contributed by atoms with E-state index in [0.717, 1.165) is 26.1 Å². The maximum atomic E-state index is 10.9. The standard InChI is InChI=1S/C12H19BrN4O2/c1-3-16(4-2)7-5-6-14-12-11(17(18)19)8-10(13)9-15-12/h8-9H,3-7H2,1-2H3,(H,14,15). The van der Waals surface area contributed by atoms with Gasteiger partial charge in [-0.1, -0.05) is 13.8 Å². The second-order valence-corrected chi connectivity index (χ2v) is 5.00. The van der Waals surface area contributed by atoms with Crippen LogP contribution in [0.3, 0.4) is 0 Å². The van der Waals surface area contributed by atoms with Crippen molar-refractivity contribution < 1.29 is 4.92 Å². The number of nitrogens with zero attached hydrogens (tertiary/aromatic N) is 3. The Morgan fingerprint density at radius 3 is 2.74 bits per heavy atom. The zero-order chi connectivity index (χ0) is 14.3. The third-order valence-corrected chi connectivity index (χ3v) is 3.30. The number of hydrogen-bond donors (Lipinski definition) is 1. The largest absolute Gasteiger partial charge is 0.364 e. The van der Waals surface area contributed by atoms with Crippen LogP contribution in [0.4, 0.5) is 11.5 Å². The normalized spacial score (nSPS) is 10.7. The third kappa shape index (κ3) is 5.12. The molecule has 0 unspecified atom stereocenters. The first-order chi connectivity index (χ1) is 9.08. The number of halogens is 1. The Morgan fingerprint density at radius 1 is 1.47 bits per heavy atom. The minimum absolute atomic E-state index is 0.00258. The first-order valence-corrected chi connectivity index (χ1v) is 7.14. The van der Waals surface area contributed by atoms with Crippen LogP contribution in [0.15, 0.2) is 16.7 Å². The molecule has 1 N–H and O–H groups in total. The molecule has 1 aromatic rings. The molecule has 6 nitrogen and oxygen atoms in total. The van der Waals surface area contributed by atoms with Crippen LogP contribution in [0.5, 0.6) is 0 Å². The topological polar surface area (TPSA) is 71.3 Å². The number of rotatable bonds is 8. The highest BCUT2D eigenvalue weighted by atomic mass is 79.9. The van der Waals surface area contributed by atoms with E-state index in [9.17, 15) is 10.1 Å². The van der Waals surface area contributed by atoms with Gasteiger partial charge in [0.15, 0.2) is 0 Å². The van der Waals surface area contributed by atoms with Gasteiger partial charge in [0.1, 0.15) is 0 Å². The van der Waals surface area contributed by atoms with Gasteiger partial charge in [-0.2, -0.15) is 0 Å². The molecule has 0 aliphatic heterocycles. The molecule has 7 heteroatoms. The van der Waals surface area contributed by atoms with Gasteiger partial charge >= 0.3 is 5.69 Å². The number of nitro groups is 1. The van der Waals surface area contributed by atoms with Crippen molar-refractivity contribution in [3.63, 3.8) is 0 Å². The minimum Gasteiger partial charge on any atom is -0.364 e. The smallest absolute Gasteiger partial charge is 0.312 e. The Kier molecular flexibility index (Phi) is 6.72. The summed E-state index contributed by atoms with van der Waals surface area (Å²) in [6.07, 6.45) is 2.48. The van der Waals surface area contributed by atoms with E-state index in [4.69, 9.17) is 0 Å². The van der Waals surface area contributed by atoms with Crippen LogP contribution >= 0.6 is 15.9 Å². The Bertz CT molecular complexity index is 424. The van der Waals surface area contributed by atoms with Gasteiger partial charge in [0, 0.05) is 23.3 Å². The molecule has 0 bridgehead atoms. The third-order valence-electron chi connectivity index (χ3n) is 2.87. The molecule has 19 heavy (non-hydrogen) atoms. The summed E-state index contributed by atoms with van der Waals surface area (Å²) in [6.45, 7) is 7.94. The number of aromatic nitrogens is 1. The van der Waals surface area contributed by atoms with E-state index in [1.165, 1.54) is 6.07 Å². The fourth-order valence-corrected chi connectivity index (χ4v) is 2.07. The summed E-state index contributed by atoms with van der Waals surface area (Å²) < 4.78 is 0.605. The molecule has 1 heterocycles. The first-order valence-electron chi connectivity index (χ1n) is 6.34. The zero-order valence-electron chi connectivity index (χ0n) is 11.2. The van der Waals surface area contributed by atoms with Crippen LogP contribution in [-0.2, 0) is 0 Å². The Morgan fingerprint density at radius 2 is 2.16 bits per heavy atom. The summed E-state index contributed by atoms with van der Waals surface area (Å²) in [4.78, 5) is 16.8. The molecule has 0 aliphatic carbocycles. The van der Waals surface area contributed by atoms with Gasteiger partial charge in [-0.05, 0) is 42.0 Å². The summed E-state index contributed by atoms with van der Waals surface area (Å²) in [5.41, 5.74) is -0.00258. The van der Waals surface area contributed by atoms with E-state index < -0.39 is 4.92 Å². The molecule has 0 spiro atoms. The monoisotopic (exact) mass is 330 g/mol. The van der Waals surface area contributed by atoms with Gasteiger partial charge < -0.3 is 10.2 Å². The predicted molar refractivity (Wildman–Crippen MR) is 79.5 cm³/mol. The summed E-state index contributed by atoms with van der Waals surface area (Å²) in [6, 6.07) is 1.46. The quantitative estimate of drug-likeness (QED) is 0.450. The Hall–Kier alpha value is -1.21. The summed E-state index contributed by atoms with van der Waals surface area (Å²) in [5.74, 6) is 0.327. The van der Waals surface area contributed by atoms with Crippen LogP contribution in [-0.4, -0.2) is 41.0 Å². The molecule has 1 aromatic heterocycles. The van der Waals surface area contributed by atoms with Crippen LogP contribution in [0, 0.1) is 10.1 Å². The molecule has 0 radical (unpaired) electrons. The van der Waals surface area contributed by atoms with Crippen LogP contribution < -0.4 is 5.32 Å². The molecular formula is C12H19BrN4O2. The maximum absolute atomic E-state index is 10.9.